The first kappa shape index (κ1) is 13.4. The minimum Gasteiger partial charge on any atom is -0.311 e. The van der Waals surface area contributed by atoms with Gasteiger partial charge in [-0.15, -0.1) is 0 Å². The number of rotatable bonds is 2. The van der Waals surface area contributed by atoms with Crippen molar-refractivity contribution in [3.05, 3.63) is 0 Å². The van der Waals surface area contributed by atoms with E-state index in [1.807, 2.05) is 0 Å². The summed E-state index contributed by atoms with van der Waals surface area (Å²) in [6.45, 7) is 8.42. The molecule has 1 heterocycles. The maximum absolute atomic E-state index is 3.95. The van der Waals surface area contributed by atoms with E-state index in [1.54, 1.807) is 0 Å². The van der Waals surface area contributed by atoms with E-state index in [9.17, 15) is 0 Å². The van der Waals surface area contributed by atoms with Crippen LogP contribution in [-0.2, 0) is 0 Å². The number of likely N-dealkylation sites (tertiary alicyclic amines) is 1. The summed E-state index contributed by atoms with van der Waals surface area (Å²) in [6, 6.07) is 2.29. The van der Waals surface area contributed by atoms with Gasteiger partial charge in [-0.2, -0.15) is 0 Å². The van der Waals surface area contributed by atoms with Crippen molar-refractivity contribution in [2.24, 2.45) is 11.8 Å². The first-order valence-electron chi connectivity index (χ1n) is 7.52. The van der Waals surface area contributed by atoms with Gasteiger partial charge in [0, 0.05) is 24.7 Å². The molecule has 3 unspecified atom stereocenters. The lowest BCUT2D eigenvalue weighted by Crippen LogP contribution is -2.53. The molecule has 0 amide bonds. The molecule has 1 aliphatic heterocycles. The molecule has 2 nitrogen and oxygen atoms in total. The molecule has 1 N–H and O–H groups in total. The van der Waals surface area contributed by atoms with Crippen LogP contribution in [0.1, 0.15) is 52.9 Å². The molecule has 100 valence electrons. The fourth-order valence-electron chi connectivity index (χ4n) is 3.50. The molecular weight excluding hydrogens is 208 g/mol. The lowest BCUT2D eigenvalue weighted by atomic mass is 9.84. The Morgan fingerprint density at radius 1 is 1.00 bits per heavy atom. The highest BCUT2D eigenvalue weighted by molar-refractivity contribution is 4.89. The zero-order valence-corrected chi connectivity index (χ0v) is 12.1. The van der Waals surface area contributed by atoms with E-state index in [0.717, 1.165) is 30.0 Å². The molecule has 2 rings (SSSR count). The van der Waals surface area contributed by atoms with Gasteiger partial charge in [-0.05, 0) is 57.9 Å². The van der Waals surface area contributed by atoms with Crippen molar-refractivity contribution in [3.63, 3.8) is 0 Å². The van der Waals surface area contributed by atoms with E-state index in [1.165, 1.54) is 38.6 Å². The Bertz CT molecular complexity index is 233. The van der Waals surface area contributed by atoms with Crippen LogP contribution in [0.3, 0.4) is 0 Å². The van der Waals surface area contributed by atoms with Crippen molar-refractivity contribution in [1.29, 1.82) is 0 Å². The highest BCUT2D eigenvalue weighted by Crippen LogP contribution is 2.27. The van der Waals surface area contributed by atoms with Crippen LogP contribution in [0.25, 0.3) is 0 Å². The van der Waals surface area contributed by atoms with E-state index in [4.69, 9.17) is 0 Å². The van der Waals surface area contributed by atoms with Crippen molar-refractivity contribution in [2.45, 2.75) is 71.0 Å². The normalized spacial score (nSPS) is 44.8. The van der Waals surface area contributed by atoms with Crippen molar-refractivity contribution in [3.8, 4) is 0 Å². The fraction of sp³-hybridized carbons (Fsp3) is 1.00. The van der Waals surface area contributed by atoms with Crippen LogP contribution in [0.5, 0.6) is 0 Å². The predicted molar refractivity (Wildman–Crippen MR) is 74.2 cm³/mol. The Morgan fingerprint density at radius 3 is 2.29 bits per heavy atom. The van der Waals surface area contributed by atoms with Crippen LogP contribution in [0.2, 0.25) is 0 Å². The summed E-state index contributed by atoms with van der Waals surface area (Å²) in [6.07, 6.45) is 6.97. The maximum atomic E-state index is 3.95. The second-order valence-corrected chi connectivity index (χ2v) is 6.73. The van der Waals surface area contributed by atoms with Crippen molar-refractivity contribution in [2.75, 3.05) is 13.6 Å². The standard InChI is InChI=1S/C15H30N2/c1-11-5-7-14(8-6-11)16-15-9-13(3)17(4)10-12(15)2/h11-16H,5-10H2,1-4H3. The topological polar surface area (TPSA) is 15.3 Å². The predicted octanol–water partition coefficient (Wildman–Crippen LogP) is 2.88. The smallest absolute Gasteiger partial charge is 0.0122 e. The van der Waals surface area contributed by atoms with Gasteiger partial charge in [-0.1, -0.05) is 13.8 Å². The zero-order valence-electron chi connectivity index (χ0n) is 12.1. The van der Waals surface area contributed by atoms with Gasteiger partial charge in [0.05, 0.1) is 0 Å². The van der Waals surface area contributed by atoms with Crippen molar-refractivity contribution < 1.29 is 0 Å². The lowest BCUT2D eigenvalue weighted by molar-refractivity contribution is 0.109. The molecule has 2 heteroatoms. The lowest BCUT2D eigenvalue weighted by Gasteiger charge is -2.42. The van der Waals surface area contributed by atoms with Gasteiger partial charge in [0.25, 0.3) is 0 Å². The Labute approximate surface area is 107 Å². The molecule has 0 aromatic carbocycles. The second-order valence-electron chi connectivity index (χ2n) is 6.73. The molecule has 1 saturated heterocycles. The van der Waals surface area contributed by atoms with E-state index in [2.05, 4.69) is 38.0 Å². The van der Waals surface area contributed by atoms with E-state index in [-0.39, 0.29) is 0 Å². The summed E-state index contributed by atoms with van der Waals surface area (Å²) in [5, 5.41) is 3.95. The largest absolute Gasteiger partial charge is 0.311 e. The third-order valence-electron chi connectivity index (χ3n) is 5.08. The van der Waals surface area contributed by atoms with E-state index < -0.39 is 0 Å². The van der Waals surface area contributed by atoms with Gasteiger partial charge in [-0.25, -0.2) is 0 Å². The Kier molecular flexibility index (Phi) is 4.48. The van der Waals surface area contributed by atoms with Crippen molar-refractivity contribution >= 4 is 0 Å². The fourth-order valence-corrected chi connectivity index (χ4v) is 3.50. The quantitative estimate of drug-likeness (QED) is 0.796. The Balaban J connectivity index is 1.82. The molecular formula is C15H30N2. The summed E-state index contributed by atoms with van der Waals surface area (Å²) < 4.78 is 0. The number of nitrogens with one attached hydrogen (secondary N) is 1. The molecule has 0 spiro atoms. The SMILES string of the molecule is CC1CCC(NC2CC(C)N(C)CC2C)CC1. The second kappa shape index (κ2) is 5.71. The molecule has 0 bridgehead atoms. The molecule has 1 aliphatic carbocycles. The number of hydrogen-bond donors (Lipinski definition) is 1. The van der Waals surface area contributed by atoms with Gasteiger partial charge < -0.3 is 10.2 Å². The van der Waals surface area contributed by atoms with Crippen LogP contribution >= 0.6 is 0 Å². The molecule has 1 saturated carbocycles. The minimum atomic E-state index is 0.742. The van der Waals surface area contributed by atoms with Crippen molar-refractivity contribution in [1.82, 2.24) is 10.2 Å². The monoisotopic (exact) mass is 238 g/mol. The zero-order chi connectivity index (χ0) is 12.4. The summed E-state index contributed by atoms with van der Waals surface area (Å²) in [7, 11) is 2.26. The summed E-state index contributed by atoms with van der Waals surface area (Å²) >= 11 is 0. The van der Waals surface area contributed by atoms with Gasteiger partial charge in [0.2, 0.25) is 0 Å². The highest BCUT2D eigenvalue weighted by Gasteiger charge is 2.30. The Hall–Kier alpha value is -0.0800. The molecule has 2 aliphatic rings. The third-order valence-corrected chi connectivity index (χ3v) is 5.08. The van der Waals surface area contributed by atoms with Gasteiger partial charge >= 0.3 is 0 Å². The van der Waals surface area contributed by atoms with Crippen LogP contribution < -0.4 is 5.32 Å². The van der Waals surface area contributed by atoms with Crippen LogP contribution in [0, 0.1) is 11.8 Å². The first-order valence-corrected chi connectivity index (χ1v) is 7.52. The summed E-state index contributed by atoms with van der Waals surface area (Å²) in [4.78, 5) is 2.51. The summed E-state index contributed by atoms with van der Waals surface area (Å²) in [5.74, 6) is 1.76. The van der Waals surface area contributed by atoms with Gasteiger partial charge in [0.15, 0.2) is 0 Å². The average Bonchev–Trinajstić information content (AvgIpc) is 2.29. The maximum Gasteiger partial charge on any atom is 0.0122 e. The van der Waals surface area contributed by atoms with Crippen LogP contribution in [-0.4, -0.2) is 36.6 Å². The molecule has 17 heavy (non-hydrogen) atoms. The molecule has 0 aromatic heterocycles. The first-order chi connectivity index (χ1) is 8.06. The van der Waals surface area contributed by atoms with E-state index in [0.29, 0.717) is 0 Å². The summed E-state index contributed by atoms with van der Waals surface area (Å²) in [5.41, 5.74) is 0. The molecule has 0 radical (unpaired) electrons. The Morgan fingerprint density at radius 2 is 1.65 bits per heavy atom. The number of nitrogens with zero attached hydrogens (tertiary/aromatic N) is 1. The molecule has 3 atom stereocenters. The number of hydrogen-bond acceptors (Lipinski definition) is 2. The van der Waals surface area contributed by atoms with Crippen LogP contribution in [0.4, 0.5) is 0 Å². The third kappa shape index (κ3) is 3.45. The van der Waals surface area contributed by atoms with Gasteiger partial charge in [0.1, 0.15) is 0 Å². The van der Waals surface area contributed by atoms with Crippen LogP contribution in [0.15, 0.2) is 0 Å². The average molecular weight is 238 g/mol. The molecule has 2 fully saturated rings. The number of piperidine rings is 1. The van der Waals surface area contributed by atoms with Gasteiger partial charge in [-0.3, -0.25) is 0 Å². The van der Waals surface area contributed by atoms with E-state index >= 15 is 0 Å². The minimum absolute atomic E-state index is 0.742. The molecule has 0 aromatic rings. The highest BCUT2D eigenvalue weighted by atomic mass is 15.2.